The molecule has 1 heterocycles. The molecule has 0 amide bonds. The number of nitrogens with one attached hydrogen (secondary N) is 1. The second-order valence-corrected chi connectivity index (χ2v) is 5.45. The first-order chi connectivity index (χ1) is 9.57. The van der Waals surface area contributed by atoms with Crippen molar-refractivity contribution in [2.45, 2.75) is 11.0 Å². The largest absolute Gasteiger partial charge is 0.395 e. The van der Waals surface area contributed by atoms with Gasteiger partial charge < -0.3 is 20.9 Å². The molecular weight excluding hydrogens is 278 g/mol. The second kappa shape index (κ2) is 6.56. The summed E-state index contributed by atoms with van der Waals surface area (Å²) in [5.41, 5.74) is 7.82. The van der Waals surface area contributed by atoms with Gasteiger partial charge in [-0.25, -0.2) is 0 Å². The molecule has 1 aliphatic carbocycles. The molecule has 0 bridgehead atoms. The van der Waals surface area contributed by atoms with Crippen LogP contribution in [0.1, 0.15) is 5.69 Å². The third kappa shape index (κ3) is 3.50. The van der Waals surface area contributed by atoms with Crippen LogP contribution in [0.3, 0.4) is 0 Å². The van der Waals surface area contributed by atoms with E-state index >= 15 is 0 Å². The number of halogens is 1. The van der Waals surface area contributed by atoms with E-state index in [1.165, 1.54) is 0 Å². The molecule has 5 N–H and O–H groups in total. The summed E-state index contributed by atoms with van der Waals surface area (Å²) in [6, 6.07) is 3.77. The number of aromatic amines is 1. The Labute approximate surface area is 123 Å². The number of H-pyrrole nitrogens is 1. The van der Waals surface area contributed by atoms with Crippen molar-refractivity contribution in [3.63, 3.8) is 0 Å². The predicted molar refractivity (Wildman–Crippen MR) is 80.2 cm³/mol. The number of nitrogens with two attached hydrogens (primary N) is 1. The van der Waals surface area contributed by atoms with Crippen LogP contribution in [0.15, 0.2) is 36.6 Å². The zero-order chi connectivity index (χ0) is 14.6. The van der Waals surface area contributed by atoms with Crippen LogP contribution in [0.4, 0.5) is 0 Å². The van der Waals surface area contributed by atoms with E-state index in [0.717, 1.165) is 11.3 Å². The molecule has 5 nitrogen and oxygen atoms in total. The minimum absolute atomic E-state index is 0.0248. The van der Waals surface area contributed by atoms with Crippen molar-refractivity contribution in [2.24, 2.45) is 5.73 Å². The van der Waals surface area contributed by atoms with E-state index in [-0.39, 0.29) is 19.3 Å². The van der Waals surface area contributed by atoms with Crippen LogP contribution < -0.4 is 5.73 Å². The van der Waals surface area contributed by atoms with Gasteiger partial charge in [0.1, 0.15) is 5.00 Å². The summed E-state index contributed by atoms with van der Waals surface area (Å²) in [5, 5.41) is 18.4. The minimum Gasteiger partial charge on any atom is -0.395 e. The lowest BCUT2D eigenvalue weighted by Gasteiger charge is -2.34. The van der Waals surface area contributed by atoms with Crippen molar-refractivity contribution in [3.05, 3.63) is 42.3 Å². The second-order valence-electron chi connectivity index (χ2n) is 4.80. The van der Waals surface area contributed by atoms with Gasteiger partial charge in [-0.15, -0.1) is 0 Å². The Hall–Kier alpha value is -1.11. The van der Waals surface area contributed by atoms with Crippen molar-refractivity contribution in [1.82, 2.24) is 9.88 Å². The molecule has 2 rings (SSSR count). The highest BCUT2D eigenvalue weighted by Crippen LogP contribution is 2.31. The molecule has 1 aromatic heterocycles. The van der Waals surface area contributed by atoms with Crippen LogP contribution >= 0.6 is 11.6 Å². The van der Waals surface area contributed by atoms with Gasteiger partial charge in [-0.1, -0.05) is 17.7 Å². The van der Waals surface area contributed by atoms with E-state index in [0.29, 0.717) is 13.1 Å². The van der Waals surface area contributed by atoms with E-state index in [1.54, 1.807) is 12.2 Å². The van der Waals surface area contributed by atoms with Crippen LogP contribution in [0.2, 0.25) is 0 Å². The quantitative estimate of drug-likeness (QED) is 0.350. The number of hydrogen-bond acceptors (Lipinski definition) is 4. The molecule has 1 aromatic rings. The van der Waals surface area contributed by atoms with Gasteiger partial charge >= 0.3 is 0 Å². The summed E-state index contributed by atoms with van der Waals surface area (Å²) in [6.07, 6.45) is 7.27. The minimum atomic E-state index is -1.01. The van der Waals surface area contributed by atoms with Gasteiger partial charge in [-0.3, -0.25) is 4.90 Å². The Morgan fingerprint density at radius 1 is 1.35 bits per heavy atom. The van der Waals surface area contributed by atoms with E-state index in [4.69, 9.17) is 17.3 Å². The third-order valence-corrected chi connectivity index (χ3v) is 3.54. The fourth-order valence-electron chi connectivity index (χ4n) is 2.43. The number of aliphatic hydroxyl groups is 2. The lowest BCUT2D eigenvalue weighted by atomic mass is 9.93. The van der Waals surface area contributed by atoms with Gasteiger partial charge in [-0.2, -0.15) is 0 Å². The zero-order valence-corrected chi connectivity index (χ0v) is 11.9. The molecule has 6 heteroatoms. The smallest absolute Gasteiger partial charge is 0.129 e. The highest BCUT2D eigenvalue weighted by molar-refractivity contribution is 6.26. The molecular formula is C14H20ClN3O2. The van der Waals surface area contributed by atoms with Crippen molar-refractivity contribution in [1.29, 1.82) is 0 Å². The Balaban J connectivity index is 2.32. The van der Waals surface area contributed by atoms with Crippen LogP contribution in [-0.2, 0) is 0 Å². The summed E-state index contributed by atoms with van der Waals surface area (Å²) >= 11 is 6.19. The molecule has 1 aliphatic rings. The molecule has 2 unspecified atom stereocenters. The first-order valence-corrected chi connectivity index (χ1v) is 6.94. The molecule has 0 fully saturated rings. The van der Waals surface area contributed by atoms with Crippen molar-refractivity contribution in [2.75, 3.05) is 26.3 Å². The Bertz CT molecular complexity index is 477. The topological polar surface area (TPSA) is 85.5 Å². The summed E-state index contributed by atoms with van der Waals surface area (Å²) in [5.74, 6) is 0. The molecule has 110 valence electrons. The van der Waals surface area contributed by atoms with Crippen LogP contribution in [0.25, 0.3) is 5.57 Å². The van der Waals surface area contributed by atoms with Gasteiger partial charge in [0.15, 0.2) is 0 Å². The van der Waals surface area contributed by atoms with E-state index < -0.39 is 5.00 Å². The maximum Gasteiger partial charge on any atom is 0.129 e. The normalized spacial score (nSPS) is 26.1. The lowest BCUT2D eigenvalue weighted by molar-refractivity contribution is 0.155. The van der Waals surface area contributed by atoms with Crippen LogP contribution in [0, 0.1) is 0 Å². The van der Waals surface area contributed by atoms with Gasteiger partial charge in [0.05, 0.1) is 19.3 Å². The van der Waals surface area contributed by atoms with Gasteiger partial charge in [-0.05, 0) is 29.9 Å². The fourth-order valence-corrected chi connectivity index (χ4v) is 2.62. The summed E-state index contributed by atoms with van der Waals surface area (Å²) in [6.45, 7) is 0.981. The van der Waals surface area contributed by atoms with Crippen molar-refractivity contribution >= 4 is 17.2 Å². The van der Waals surface area contributed by atoms with Crippen LogP contribution in [-0.4, -0.2) is 57.4 Å². The fraction of sp³-hybridized carbons (Fsp3) is 0.429. The number of alkyl halides is 1. The maximum absolute atomic E-state index is 9.19. The molecule has 0 aliphatic heterocycles. The SMILES string of the molecule is NC1(Cl)C=CC(N(CCO)CCO)C(c2ccc[nH]2)=C1. The first kappa shape index (κ1) is 15.3. The average Bonchev–Trinajstić information content (AvgIpc) is 2.91. The number of aromatic nitrogens is 1. The number of rotatable bonds is 6. The molecule has 2 atom stereocenters. The van der Waals surface area contributed by atoms with Gasteiger partial charge in [0.2, 0.25) is 0 Å². The molecule has 0 spiro atoms. The average molecular weight is 298 g/mol. The summed E-state index contributed by atoms with van der Waals surface area (Å²) in [4.78, 5) is 4.11. The summed E-state index contributed by atoms with van der Waals surface area (Å²) in [7, 11) is 0. The summed E-state index contributed by atoms with van der Waals surface area (Å²) < 4.78 is 0. The van der Waals surface area contributed by atoms with Crippen molar-refractivity contribution in [3.8, 4) is 0 Å². The monoisotopic (exact) mass is 297 g/mol. The Morgan fingerprint density at radius 3 is 2.60 bits per heavy atom. The zero-order valence-electron chi connectivity index (χ0n) is 11.2. The Morgan fingerprint density at radius 2 is 2.05 bits per heavy atom. The Kier molecular flexibility index (Phi) is 5.01. The highest BCUT2D eigenvalue weighted by Gasteiger charge is 2.29. The molecule has 0 saturated heterocycles. The maximum atomic E-state index is 9.19. The van der Waals surface area contributed by atoms with Gasteiger partial charge in [0, 0.05) is 25.0 Å². The molecule has 20 heavy (non-hydrogen) atoms. The van der Waals surface area contributed by atoms with Crippen molar-refractivity contribution < 1.29 is 10.2 Å². The number of nitrogens with zero attached hydrogens (tertiary/aromatic N) is 1. The first-order valence-electron chi connectivity index (χ1n) is 6.57. The van der Waals surface area contributed by atoms with E-state index in [9.17, 15) is 10.2 Å². The third-order valence-electron chi connectivity index (χ3n) is 3.31. The molecule has 0 saturated carbocycles. The predicted octanol–water partition coefficient (Wildman–Crippen LogP) is 0.517. The van der Waals surface area contributed by atoms with Gasteiger partial charge in [0.25, 0.3) is 0 Å². The molecule has 0 radical (unpaired) electrons. The number of aliphatic hydroxyl groups excluding tert-OH is 2. The number of hydrogen-bond donors (Lipinski definition) is 4. The van der Waals surface area contributed by atoms with Crippen LogP contribution in [0.5, 0.6) is 0 Å². The standard InChI is InChI=1S/C14H20ClN3O2/c15-14(16)4-3-13(18(6-8-19)7-9-20)11(10-14)12-2-1-5-17-12/h1-5,10,13,17,19-20H,6-9,16H2. The molecule has 0 aromatic carbocycles. The van der Waals surface area contributed by atoms with E-state index in [2.05, 4.69) is 4.98 Å². The highest BCUT2D eigenvalue weighted by atomic mass is 35.5. The van der Waals surface area contributed by atoms with E-state index in [1.807, 2.05) is 29.3 Å². The lowest BCUT2D eigenvalue weighted by Crippen LogP contribution is -2.43.